The smallest absolute Gasteiger partial charge is 0.0462 e. The van der Waals surface area contributed by atoms with E-state index in [0.29, 0.717) is 0 Å². The molecule has 12 aromatic carbocycles. The second-order valence-corrected chi connectivity index (χ2v) is 19.2. The quantitative estimate of drug-likeness (QED) is 0.130. The molecule has 0 aliphatic rings. The summed E-state index contributed by atoms with van der Waals surface area (Å²) in [5.74, 6) is 0. The summed E-state index contributed by atoms with van der Waals surface area (Å²) in [5, 5.41) is 3.30. The topological polar surface area (TPSA) is 15.3 Å². The highest BCUT2D eigenvalue weighted by Crippen LogP contribution is 2.36. The van der Waals surface area contributed by atoms with Gasteiger partial charge in [0.25, 0.3) is 0 Å². The van der Waals surface area contributed by atoms with Crippen molar-refractivity contribution in [1.82, 2.24) is 0 Å². The first kappa shape index (κ1) is 70.5. The number of rotatable bonds is 11. The zero-order chi connectivity index (χ0) is 62.9. The molecule has 0 bridgehead atoms. The van der Waals surface area contributed by atoms with Crippen molar-refractivity contribution in [3.8, 4) is 66.8 Å². The van der Waals surface area contributed by atoms with E-state index in [4.69, 9.17) is 0 Å². The van der Waals surface area contributed by atoms with E-state index in [1.165, 1.54) is 70.3 Å². The SMILES string of the molecule is CC.CC.CC.CC.CC.CC.Ic1ccc(-c2ccc(-c3ccc(-c4ccccc4)cc3)cc2)cc1.c1ccc(-c2ccc(-c3ccc(-c4ccc(N(c5ccccc5)c5ccccc5)cc4)cc3)cc2)cc1.c1ccc(Nc2ccccc2)cc1. The number of anilines is 5. The van der Waals surface area contributed by atoms with Crippen molar-refractivity contribution in [1.29, 1.82) is 0 Å². The molecule has 3 heteroatoms. The van der Waals surface area contributed by atoms with E-state index >= 15 is 0 Å². The highest BCUT2D eigenvalue weighted by molar-refractivity contribution is 14.1. The van der Waals surface area contributed by atoms with Crippen molar-refractivity contribution in [2.75, 3.05) is 10.2 Å². The molecule has 0 atom stereocenters. The molecule has 0 saturated carbocycles. The first-order chi connectivity index (χ1) is 43.1. The van der Waals surface area contributed by atoms with Crippen LogP contribution in [0.5, 0.6) is 0 Å². The van der Waals surface area contributed by atoms with Crippen LogP contribution < -0.4 is 10.2 Å². The number of nitrogens with one attached hydrogen (secondary N) is 1. The number of benzene rings is 12. The molecule has 0 radical (unpaired) electrons. The van der Waals surface area contributed by atoms with Gasteiger partial charge in [0.05, 0.1) is 0 Å². The zero-order valence-corrected chi connectivity index (χ0v) is 55.7. The third kappa shape index (κ3) is 22.4. The Morgan fingerprint density at radius 2 is 0.345 bits per heavy atom. The number of hydrogen-bond acceptors (Lipinski definition) is 2. The monoisotopic (exact) mass is 1250 g/mol. The Kier molecular flexibility index (Phi) is 33.9. The van der Waals surface area contributed by atoms with E-state index in [9.17, 15) is 0 Å². The van der Waals surface area contributed by atoms with Gasteiger partial charge in [0.2, 0.25) is 0 Å². The summed E-state index contributed by atoms with van der Waals surface area (Å²) in [6, 6.07) is 115. The molecule has 1 N–H and O–H groups in total. The number of hydrogen-bond donors (Lipinski definition) is 1. The Hall–Kier alpha value is -9.03. The summed E-state index contributed by atoms with van der Waals surface area (Å²) >= 11 is 2.34. The van der Waals surface area contributed by atoms with Gasteiger partial charge in [-0.3, -0.25) is 0 Å². The van der Waals surface area contributed by atoms with E-state index in [1.807, 2.05) is 150 Å². The molecule has 2 nitrogen and oxygen atoms in total. The van der Waals surface area contributed by atoms with Gasteiger partial charge < -0.3 is 10.2 Å². The molecule has 0 unspecified atom stereocenters. The summed E-state index contributed by atoms with van der Waals surface area (Å²) in [5.41, 5.74) is 20.5. The van der Waals surface area contributed by atoms with Crippen LogP contribution in [-0.2, 0) is 0 Å². The van der Waals surface area contributed by atoms with Crippen molar-refractivity contribution >= 4 is 51.0 Å². The number of nitrogens with zero attached hydrogens (tertiary/aromatic N) is 1. The molecule has 87 heavy (non-hydrogen) atoms. The van der Waals surface area contributed by atoms with Gasteiger partial charge in [0, 0.05) is 32.0 Å². The molecule has 0 heterocycles. The van der Waals surface area contributed by atoms with Crippen LogP contribution in [0.25, 0.3) is 66.8 Å². The standard InChI is InChI=1S/C36H27N.C24H17I.C12H11N.6C2H6/c1-4-10-28(11-5-1)29-16-18-30(19-17-29)31-20-22-32(23-21-31)33-24-26-36(27-25-33)37(34-12-6-2-7-13-34)35-14-8-3-9-15-35;25-24-16-14-23(15-17-24)22-12-10-21(11-13-22)20-8-6-19(7-9-20)18-4-2-1-3-5-18;1-3-7-11(8-4-1)13-12-9-5-2-6-10-12;6*1-2/h1-27H;1-17H;1-10,13H;6*1-2H3. The first-order valence-corrected chi connectivity index (χ1v) is 32.3. The predicted octanol–water partition coefficient (Wildman–Crippen LogP) is 27.0. The minimum Gasteiger partial charge on any atom is -0.356 e. The average molecular weight is 1260 g/mol. The van der Waals surface area contributed by atoms with E-state index in [0.717, 1.165) is 28.4 Å². The molecule has 0 aliphatic carbocycles. The first-order valence-electron chi connectivity index (χ1n) is 31.3. The summed E-state index contributed by atoms with van der Waals surface area (Å²) in [7, 11) is 0. The minimum atomic E-state index is 1.12. The molecule has 0 fully saturated rings. The molecular formula is C84H91IN2. The second kappa shape index (κ2) is 41.9. The lowest BCUT2D eigenvalue weighted by atomic mass is 9.98. The van der Waals surface area contributed by atoms with Crippen LogP contribution in [0.15, 0.2) is 328 Å². The van der Waals surface area contributed by atoms with Gasteiger partial charge in [0.15, 0.2) is 0 Å². The molecule has 0 spiro atoms. The van der Waals surface area contributed by atoms with Gasteiger partial charge in [-0.1, -0.05) is 338 Å². The van der Waals surface area contributed by atoms with E-state index in [2.05, 4.69) is 294 Å². The van der Waals surface area contributed by atoms with Crippen LogP contribution >= 0.6 is 22.6 Å². The van der Waals surface area contributed by atoms with Crippen molar-refractivity contribution in [3.05, 3.63) is 331 Å². The lowest BCUT2D eigenvalue weighted by Crippen LogP contribution is -2.09. The van der Waals surface area contributed by atoms with Crippen molar-refractivity contribution in [2.24, 2.45) is 0 Å². The van der Waals surface area contributed by atoms with E-state index < -0.39 is 0 Å². The van der Waals surface area contributed by atoms with Gasteiger partial charge in [-0.2, -0.15) is 0 Å². The third-order valence-electron chi connectivity index (χ3n) is 12.9. The Balaban J connectivity index is 0.000000279. The van der Waals surface area contributed by atoms with Crippen molar-refractivity contribution in [3.63, 3.8) is 0 Å². The highest BCUT2D eigenvalue weighted by Gasteiger charge is 2.12. The van der Waals surface area contributed by atoms with Gasteiger partial charge in [-0.25, -0.2) is 0 Å². The van der Waals surface area contributed by atoms with Crippen molar-refractivity contribution in [2.45, 2.75) is 83.1 Å². The molecule has 0 amide bonds. The number of halogens is 1. The van der Waals surface area contributed by atoms with Crippen LogP contribution in [0.3, 0.4) is 0 Å². The molecule has 0 saturated heterocycles. The molecule has 444 valence electrons. The minimum absolute atomic E-state index is 1.12. The zero-order valence-electron chi connectivity index (χ0n) is 53.5. The third-order valence-corrected chi connectivity index (χ3v) is 13.6. The van der Waals surface area contributed by atoms with Gasteiger partial charge >= 0.3 is 0 Å². The fourth-order valence-electron chi connectivity index (χ4n) is 8.94. The lowest BCUT2D eigenvalue weighted by Gasteiger charge is -2.25. The Morgan fingerprint density at radius 1 is 0.184 bits per heavy atom. The van der Waals surface area contributed by atoms with E-state index in [-0.39, 0.29) is 0 Å². The molecular weight excluding hydrogens is 1160 g/mol. The summed E-state index contributed by atoms with van der Waals surface area (Å²) in [6.45, 7) is 24.0. The summed E-state index contributed by atoms with van der Waals surface area (Å²) < 4.78 is 1.26. The second-order valence-electron chi connectivity index (χ2n) is 18.0. The van der Waals surface area contributed by atoms with Gasteiger partial charge in [-0.05, 0) is 162 Å². The Morgan fingerprint density at radius 3 is 0.575 bits per heavy atom. The highest BCUT2D eigenvalue weighted by atomic mass is 127. The van der Waals surface area contributed by atoms with Gasteiger partial charge in [0.1, 0.15) is 0 Å². The van der Waals surface area contributed by atoms with Crippen molar-refractivity contribution < 1.29 is 0 Å². The summed E-state index contributed by atoms with van der Waals surface area (Å²) in [4.78, 5) is 2.28. The predicted molar refractivity (Wildman–Crippen MR) is 397 cm³/mol. The van der Waals surface area contributed by atoms with Crippen LogP contribution in [0.1, 0.15) is 83.1 Å². The molecule has 12 aromatic rings. The maximum Gasteiger partial charge on any atom is 0.0462 e. The fraction of sp³-hybridized carbons (Fsp3) is 0.143. The Labute approximate surface area is 538 Å². The van der Waals surface area contributed by atoms with Crippen LogP contribution in [0, 0.1) is 3.57 Å². The molecule has 0 aliphatic heterocycles. The number of para-hydroxylation sites is 4. The van der Waals surface area contributed by atoms with E-state index in [1.54, 1.807) is 0 Å². The van der Waals surface area contributed by atoms with Crippen LogP contribution in [0.2, 0.25) is 0 Å². The summed E-state index contributed by atoms with van der Waals surface area (Å²) in [6.07, 6.45) is 0. The largest absolute Gasteiger partial charge is 0.356 e. The molecule has 12 rings (SSSR count). The normalized spacial score (nSPS) is 9.44. The van der Waals surface area contributed by atoms with Gasteiger partial charge in [-0.15, -0.1) is 0 Å². The maximum absolute atomic E-state index is 3.30. The lowest BCUT2D eigenvalue weighted by molar-refractivity contribution is 1.28. The Bertz CT molecular complexity index is 3500. The van der Waals surface area contributed by atoms with Crippen LogP contribution in [-0.4, -0.2) is 0 Å². The fourth-order valence-corrected chi connectivity index (χ4v) is 9.30. The average Bonchev–Trinajstić information content (AvgIpc) is 3.82. The maximum atomic E-state index is 3.30. The van der Waals surface area contributed by atoms with Crippen LogP contribution in [0.4, 0.5) is 28.4 Å². The molecule has 0 aromatic heterocycles.